The van der Waals surface area contributed by atoms with Gasteiger partial charge in [-0.1, -0.05) is 58.6 Å². The summed E-state index contributed by atoms with van der Waals surface area (Å²) in [6.07, 6.45) is 9.70. The second-order valence-corrected chi connectivity index (χ2v) is 5.99. The first-order valence-corrected chi connectivity index (χ1v) is 10.7. The zero-order valence-electron chi connectivity index (χ0n) is 19.0. The molecular formula is C23H43NO4. The van der Waals surface area contributed by atoms with Gasteiger partial charge in [0.1, 0.15) is 6.61 Å². The monoisotopic (exact) mass is 397 g/mol. The van der Waals surface area contributed by atoms with Crippen molar-refractivity contribution >= 4 is 5.97 Å². The van der Waals surface area contributed by atoms with E-state index in [4.69, 9.17) is 14.2 Å². The Balaban J connectivity index is 0. The van der Waals surface area contributed by atoms with Crippen LogP contribution in [-0.2, 0) is 19.0 Å². The summed E-state index contributed by atoms with van der Waals surface area (Å²) >= 11 is 0. The van der Waals surface area contributed by atoms with E-state index in [1.54, 1.807) is 6.08 Å². The second kappa shape index (κ2) is 21.9. The summed E-state index contributed by atoms with van der Waals surface area (Å²) in [5.41, 5.74) is 1.19. The van der Waals surface area contributed by atoms with Gasteiger partial charge in [-0.15, -0.1) is 0 Å². The summed E-state index contributed by atoms with van der Waals surface area (Å²) in [4.78, 5) is 13.8. The third kappa shape index (κ3) is 18.0. The van der Waals surface area contributed by atoms with Gasteiger partial charge >= 0.3 is 5.97 Å². The molecule has 0 aliphatic carbocycles. The molecule has 1 saturated heterocycles. The van der Waals surface area contributed by atoms with Crippen molar-refractivity contribution in [3.8, 4) is 0 Å². The Labute approximate surface area is 173 Å². The Morgan fingerprint density at radius 1 is 1.18 bits per heavy atom. The first-order valence-electron chi connectivity index (χ1n) is 10.7. The number of nitrogens with zero attached hydrogens (tertiary/aromatic N) is 1. The van der Waals surface area contributed by atoms with E-state index in [1.165, 1.54) is 5.57 Å². The van der Waals surface area contributed by atoms with Crippen molar-refractivity contribution in [2.75, 3.05) is 46.1 Å². The molecule has 1 aliphatic rings. The summed E-state index contributed by atoms with van der Waals surface area (Å²) in [5, 5.41) is 0. The van der Waals surface area contributed by atoms with E-state index < -0.39 is 0 Å². The van der Waals surface area contributed by atoms with E-state index in [0.717, 1.165) is 45.7 Å². The topological polar surface area (TPSA) is 48.0 Å². The molecule has 0 aromatic carbocycles. The van der Waals surface area contributed by atoms with Crippen LogP contribution < -0.4 is 0 Å². The van der Waals surface area contributed by atoms with Gasteiger partial charge in [-0.25, -0.2) is 4.79 Å². The van der Waals surface area contributed by atoms with Crippen LogP contribution in [0.25, 0.3) is 0 Å². The number of carbonyl (C=O) groups is 1. The zero-order chi connectivity index (χ0) is 21.6. The van der Waals surface area contributed by atoms with Crippen LogP contribution in [0.1, 0.15) is 54.4 Å². The average Bonchev–Trinajstić information content (AvgIpc) is 2.72. The summed E-state index contributed by atoms with van der Waals surface area (Å²) in [7, 11) is 0. The van der Waals surface area contributed by atoms with Crippen LogP contribution in [0.3, 0.4) is 0 Å². The van der Waals surface area contributed by atoms with Crippen LogP contribution in [0.5, 0.6) is 0 Å². The lowest BCUT2D eigenvalue weighted by Crippen LogP contribution is -2.36. The second-order valence-electron chi connectivity index (χ2n) is 5.99. The van der Waals surface area contributed by atoms with Crippen molar-refractivity contribution in [3.05, 3.63) is 36.5 Å². The predicted octanol–water partition coefficient (Wildman–Crippen LogP) is 4.79. The number of hydrogen-bond acceptors (Lipinski definition) is 5. The predicted molar refractivity (Wildman–Crippen MR) is 119 cm³/mol. The van der Waals surface area contributed by atoms with E-state index in [9.17, 15) is 4.79 Å². The Kier molecular flexibility index (Phi) is 22.5. The molecule has 0 amide bonds. The van der Waals surface area contributed by atoms with Crippen molar-refractivity contribution in [3.63, 3.8) is 0 Å². The highest BCUT2D eigenvalue weighted by Gasteiger charge is 2.09. The summed E-state index contributed by atoms with van der Waals surface area (Å²) in [6, 6.07) is 0. The van der Waals surface area contributed by atoms with Gasteiger partial charge in [0.25, 0.3) is 0 Å². The highest BCUT2D eigenvalue weighted by Crippen LogP contribution is 2.09. The number of allylic oxidation sites excluding steroid dienone is 4. The molecule has 0 aromatic rings. The van der Waals surface area contributed by atoms with Crippen molar-refractivity contribution in [1.29, 1.82) is 0 Å². The summed E-state index contributed by atoms with van der Waals surface area (Å²) in [6.45, 7) is 20.5. The van der Waals surface area contributed by atoms with Gasteiger partial charge in [0.05, 0.1) is 25.9 Å². The zero-order valence-corrected chi connectivity index (χ0v) is 19.0. The van der Waals surface area contributed by atoms with E-state index in [2.05, 4.69) is 11.5 Å². The minimum absolute atomic E-state index is 0.0130. The Hall–Kier alpha value is -1.43. The average molecular weight is 398 g/mol. The first-order chi connectivity index (χ1) is 13.6. The maximum atomic E-state index is 11.4. The number of ether oxygens (including phenoxy) is 3. The largest absolute Gasteiger partial charge is 0.461 e. The molecule has 1 aliphatic heterocycles. The quantitative estimate of drug-likeness (QED) is 0.285. The fourth-order valence-electron chi connectivity index (χ4n) is 2.38. The minimum Gasteiger partial charge on any atom is -0.461 e. The van der Waals surface area contributed by atoms with Gasteiger partial charge < -0.3 is 14.2 Å². The number of hydrogen-bond donors (Lipinski definition) is 0. The highest BCUT2D eigenvalue weighted by molar-refractivity contribution is 5.70. The molecule has 164 valence electrons. The van der Waals surface area contributed by atoms with Gasteiger partial charge in [-0.3, -0.25) is 4.90 Å². The fraction of sp³-hybridized carbons (Fsp3) is 0.696. The van der Waals surface area contributed by atoms with Crippen LogP contribution in [0, 0.1) is 0 Å². The number of rotatable bonds is 11. The normalized spacial score (nSPS) is 14.8. The molecule has 0 aromatic heterocycles. The molecule has 1 fully saturated rings. The summed E-state index contributed by atoms with van der Waals surface area (Å²) < 4.78 is 15.8. The molecule has 0 atom stereocenters. The molecule has 0 bridgehead atoms. The molecule has 5 heteroatoms. The molecule has 1 rings (SSSR count). The van der Waals surface area contributed by atoms with Gasteiger partial charge in [-0.05, 0) is 38.8 Å². The van der Waals surface area contributed by atoms with Gasteiger partial charge in [-0.2, -0.15) is 0 Å². The van der Waals surface area contributed by atoms with E-state index >= 15 is 0 Å². The van der Waals surface area contributed by atoms with Crippen molar-refractivity contribution in [2.24, 2.45) is 0 Å². The van der Waals surface area contributed by atoms with Crippen molar-refractivity contribution < 1.29 is 19.0 Å². The highest BCUT2D eigenvalue weighted by atomic mass is 16.6. The van der Waals surface area contributed by atoms with Crippen molar-refractivity contribution in [2.45, 2.75) is 60.5 Å². The van der Waals surface area contributed by atoms with Gasteiger partial charge in [0.2, 0.25) is 0 Å². The van der Waals surface area contributed by atoms with Crippen LogP contribution in [-0.4, -0.2) is 63.0 Å². The van der Waals surface area contributed by atoms with Crippen LogP contribution >= 0.6 is 0 Å². The molecule has 0 spiro atoms. The molecule has 0 saturated carbocycles. The molecule has 5 nitrogen and oxygen atoms in total. The smallest absolute Gasteiger partial charge is 0.332 e. The lowest BCUT2D eigenvalue weighted by Gasteiger charge is -2.26. The maximum absolute atomic E-state index is 11.4. The van der Waals surface area contributed by atoms with Gasteiger partial charge in [0, 0.05) is 13.1 Å². The molecule has 28 heavy (non-hydrogen) atoms. The van der Waals surface area contributed by atoms with E-state index in [-0.39, 0.29) is 18.7 Å². The SMILES string of the molecule is C=C/C=C\C(=C/COCC(=O)OC(C)C)CCCN1CCOCC1.CC.CC. The number of esters is 1. The molecule has 0 radical (unpaired) electrons. The maximum Gasteiger partial charge on any atom is 0.332 e. The number of morpholine rings is 1. The third-order valence-corrected chi connectivity index (χ3v) is 3.54. The summed E-state index contributed by atoms with van der Waals surface area (Å²) in [5.74, 6) is -0.325. The van der Waals surface area contributed by atoms with Crippen molar-refractivity contribution in [1.82, 2.24) is 4.90 Å². The van der Waals surface area contributed by atoms with E-state index in [0.29, 0.717) is 6.61 Å². The molecular weight excluding hydrogens is 354 g/mol. The lowest BCUT2D eigenvalue weighted by molar-refractivity contribution is -0.152. The molecule has 0 unspecified atom stereocenters. The Bertz CT molecular complexity index is 424. The van der Waals surface area contributed by atoms with Crippen LogP contribution in [0.4, 0.5) is 0 Å². The third-order valence-electron chi connectivity index (χ3n) is 3.54. The minimum atomic E-state index is -0.325. The number of carbonyl (C=O) groups excluding carboxylic acids is 1. The first kappa shape index (κ1) is 28.8. The lowest BCUT2D eigenvalue weighted by atomic mass is 10.1. The fourth-order valence-corrected chi connectivity index (χ4v) is 2.38. The van der Waals surface area contributed by atoms with Crippen LogP contribution in [0.15, 0.2) is 36.5 Å². The van der Waals surface area contributed by atoms with E-state index in [1.807, 2.05) is 59.8 Å². The molecule has 1 heterocycles. The molecule has 0 N–H and O–H groups in total. The van der Waals surface area contributed by atoms with Crippen LogP contribution in [0.2, 0.25) is 0 Å². The van der Waals surface area contributed by atoms with Gasteiger partial charge in [0.15, 0.2) is 0 Å². The Morgan fingerprint density at radius 3 is 2.39 bits per heavy atom. The Morgan fingerprint density at radius 2 is 1.82 bits per heavy atom. The standard InChI is InChI=1S/C19H31NO4.2C2H6/c1-4-5-7-18(8-6-10-20-11-14-22-15-12-20)9-13-23-16-19(21)24-17(2)3;2*1-2/h4-5,7,9,17H,1,6,8,10-16H2,2-3H3;2*1-2H3/b7-5-,18-9+;;.